The van der Waals surface area contributed by atoms with Crippen molar-refractivity contribution in [2.24, 2.45) is 0 Å². The Kier molecular flexibility index (Phi) is 6.18. The van der Waals surface area contributed by atoms with Crippen LogP contribution in [0.5, 0.6) is 11.5 Å². The predicted octanol–water partition coefficient (Wildman–Crippen LogP) is 4.17. The predicted molar refractivity (Wildman–Crippen MR) is 86.7 cm³/mol. The molecule has 0 bridgehead atoms. The Labute approximate surface area is 134 Å². The molecule has 0 unspecified atom stereocenters. The van der Waals surface area contributed by atoms with Crippen molar-refractivity contribution in [1.29, 1.82) is 0 Å². The van der Waals surface area contributed by atoms with Crippen molar-refractivity contribution < 1.29 is 9.47 Å². The highest BCUT2D eigenvalue weighted by Crippen LogP contribution is 2.27. The molecule has 0 saturated carbocycles. The average Bonchev–Trinajstić information content (AvgIpc) is 2.49. The molecule has 0 aliphatic rings. The van der Waals surface area contributed by atoms with Gasteiger partial charge in [-0.2, -0.15) is 0 Å². The second kappa shape index (κ2) is 8.13. The fraction of sp³-hybridized carbons (Fsp3) is 0.250. The van der Waals surface area contributed by atoms with Gasteiger partial charge in [0, 0.05) is 23.2 Å². The summed E-state index contributed by atoms with van der Waals surface area (Å²) in [5.74, 6) is 1.42. The monoisotopic (exact) mass is 325 g/mol. The van der Waals surface area contributed by atoms with Crippen LogP contribution in [0.3, 0.4) is 0 Å². The van der Waals surface area contributed by atoms with E-state index in [0.29, 0.717) is 29.0 Å². The van der Waals surface area contributed by atoms with Gasteiger partial charge in [0.1, 0.15) is 24.7 Å². The zero-order valence-corrected chi connectivity index (χ0v) is 13.2. The summed E-state index contributed by atoms with van der Waals surface area (Å²) < 4.78 is 11.3. The number of benzene rings is 2. The van der Waals surface area contributed by atoms with Gasteiger partial charge < -0.3 is 14.8 Å². The first kappa shape index (κ1) is 16.0. The van der Waals surface area contributed by atoms with Gasteiger partial charge in [0.15, 0.2) is 0 Å². The third kappa shape index (κ3) is 4.81. The topological polar surface area (TPSA) is 30.5 Å². The lowest BCUT2D eigenvalue weighted by atomic mass is 10.2. The molecule has 0 saturated heterocycles. The van der Waals surface area contributed by atoms with E-state index in [-0.39, 0.29) is 0 Å². The standard InChI is InChI=1S/C16H17Cl2NO2/c1-19-11-12-4-2-3-5-15(12)20-8-9-21-16-10-13(17)6-7-14(16)18/h2-7,10,19H,8-9,11H2,1H3. The van der Waals surface area contributed by atoms with E-state index in [1.54, 1.807) is 18.2 Å². The summed E-state index contributed by atoms with van der Waals surface area (Å²) in [5, 5.41) is 4.24. The molecule has 0 radical (unpaired) electrons. The number of ether oxygens (including phenoxy) is 2. The Balaban J connectivity index is 1.86. The molecule has 112 valence electrons. The summed E-state index contributed by atoms with van der Waals surface area (Å²) in [6, 6.07) is 13.0. The maximum atomic E-state index is 6.03. The van der Waals surface area contributed by atoms with Crippen molar-refractivity contribution in [2.45, 2.75) is 6.54 Å². The fourth-order valence-corrected chi connectivity index (χ4v) is 2.21. The largest absolute Gasteiger partial charge is 0.490 e. The summed E-state index contributed by atoms with van der Waals surface area (Å²) in [4.78, 5) is 0. The highest BCUT2D eigenvalue weighted by atomic mass is 35.5. The van der Waals surface area contributed by atoms with E-state index in [0.717, 1.165) is 17.9 Å². The van der Waals surface area contributed by atoms with Gasteiger partial charge in [-0.3, -0.25) is 0 Å². The fourth-order valence-electron chi connectivity index (χ4n) is 1.87. The number of hydrogen-bond acceptors (Lipinski definition) is 3. The van der Waals surface area contributed by atoms with E-state index in [1.807, 2.05) is 31.3 Å². The Bertz CT molecular complexity index is 590. The summed E-state index contributed by atoms with van der Waals surface area (Å²) in [6.07, 6.45) is 0. The van der Waals surface area contributed by atoms with Gasteiger partial charge in [0.25, 0.3) is 0 Å². The lowest BCUT2D eigenvalue weighted by molar-refractivity contribution is 0.216. The van der Waals surface area contributed by atoms with Gasteiger partial charge >= 0.3 is 0 Å². The summed E-state index contributed by atoms with van der Waals surface area (Å²) in [5.41, 5.74) is 1.11. The van der Waals surface area contributed by atoms with E-state index >= 15 is 0 Å². The molecule has 0 heterocycles. The van der Waals surface area contributed by atoms with E-state index in [9.17, 15) is 0 Å². The van der Waals surface area contributed by atoms with E-state index in [1.165, 1.54) is 0 Å². The van der Waals surface area contributed by atoms with Crippen molar-refractivity contribution in [3.8, 4) is 11.5 Å². The number of nitrogens with one attached hydrogen (secondary N) is 1. The molecule has 0 amide bonds. The number of halogens is 2. The van der Waals surface area contributed by atoms with E-state index < -0.39 is 0 Å². The molecule has 0 atom stereocenters. The Hall–Kier alpha value is -1.42. The molecule has 2 aromatic carbocycles. The molecule has 0 aliphatic carbocycles. The molecule has 5 heteroatoms. The van der Waals surface area contributed by atoms with Crippen LogP contribution in [0, 0.1) is 0 Å². The second-order valence-electron chi connectivity index (χ2n) is 4.41. The minimum Gasteiger partial charge on any atom is -0.490 e. The van der Waals surface area contributed by atoms with Crippen LogP contribution in [0.15, 0.2) is 42.5 Å². The van der Waals surface area contributed by atoms with Crippen LogP contribution in [0.25, 0.3) is 0 Å². The normalized spacial score (nSPS) is 10.4. The Morgan fingerprint density at radius 1 is 0.952 bits per heavy atom. The van der Waals surface area contributed by atoms with Crippen LogP contribution in [0.1, 0.15) is 5.56 Å². The van der Waals surface area contributed by atoms with Crippen LogP contribution in [-0.2, 0) is 6.54 Å². The summed E-state index contributed by atoms with van der Waals surface area (Å²) >= 11 is 11.9. The quantitative estimate of drug-likeness (QED) is 0.775. The van der Waals surface area contributed by atoms with Crippen molar-refractivity contribution in [1.82, 2.24) is 5.32 Å². The second-order valence-corrected chi connectivity index (χ2v) is 5.25. The first-order valence-electron chi connectivity index (χ1n) is 6.64. The number of para-hydroxylation sites is 1. The molecule has 3 nitrogen and oxygen atoms in total. The summed E-state index contributed by atoms with van der Waals surface area (Å²) in [7, 11) is 1.90. The minimum absolute atomic E-state index is 0.397. The highest BCUT2D eigenvalue weighted by Gasteiger charge is 2.04. The van der Waals surface area contributed by atoms with Crippen LogP contribution < -0.4 is 14.8 Å². The van der Waals surface area contributed by atoms with Crippen LogP contribution in [-0.4, -0.2) is 20.3 Å². The van der Waals surface area contributed by atoms with Crippen LogP contribution >= 0.6 is 23.2 Å². The lowest BCUT2D eigenvalue weighted by Gasteiger charge is -2.12. The van der Waals surface area contributed by atoms with Crippen LogP contribution in [0.2, 0.25) is 10.0 Å². The third-order valence-electron chi connectivity index (χ3n) is 2.83. The van der Waals surface area contributed by atoms with Gasteiger partial charge in [0.2, 0.25) is 0 Å². The molecule has 0 spiro atoms. The number of rotatable bonds is 7. The van der Waals surface area contributed by atoms with Gasteiger partial charge in [0.05, 0.1) is 5.02 Å². The smallest absolute Gasteiger partial charge is 0.139 e. The van der Waals surface area contributed by atoms with E-state index in [4.69, 9.17) is 32.7 Å². The molecule has 0 aromatic heterocycles. The van der Waals surface area contributed by atoms with Crippen molar-refractivity contribution in [3.05, 3.63) is 58.1 Å². The molecule has 0 fully saturated rings. The maximum absolute atomic E-state index is 6.03. The zero-order chi connectivity index (χ0) is 15.1. The zero-order valence-electron chi connectivity index (χ0n) is 11.7. The molecular weight excluding hydrogens is 309 g/mol. The third-order valence-corrected chi connectivity index (χ3v) is 3.38. The molecule has 2 aromatic rings. The molecule has 21 heavy (non-hydrogen) atoms. The SMILES string of the molecule is CNCc1ccccc1OCCOc1cc(Cl)ccc1Cl. The van der Waals surface area contributed by atoms with Gasteiger partial charge in [-0.15, -0.1) is 0 Å². The first-order valence-corrected chi connectivity index (χ1v) is 7.39. The van der Waals surface area contributed by atoms with E-state index in [2.05, 4.69) is 5.32 Å². The maximum Gasteiger partial charge on any atom is 0.139 e. The van der Waals surface area contributed by atoms with Crippen LogP contribution in [0.4, 0.5) is 0 Å². The molecular formula is C16H17Cl2NO2. The van der Waals surface area contributed by atoms with Crippen molar-refractivity contribution in [3.63, 3.8) is 0 Å². The Morgan fingerprint density at radius 2 is 1.67 bits per heavy atom. The average molecular weight is 326 g/mol. The molecule has 0 aliphatic heterocycles. The lowest BCUT2D eigenvalue weighted by Crippen LogP contribution is -2.12. The van der Waals surface area contributed by atoms with Gasteiger partial charge in [-0.05, 0) is 25.2 Å². The Morgan fingerprint density at radius 3 is 2.43 bits per heavy atom. The van der Waals surface area contributed by atoms with Crippen molar-refractivity contribution >= 4 is 23.2 Å². The van der Waals surface area contributed by atoms with Gasteiger partial charge in [-0.25, -0.2) is 0 Å². The van der Waals surface area contributed by atoms with Crippen molar-refractivity contribution in [2.75, 3.05) is 20.3 Å². The first-order chi connectivity index (χ1) is 10.2. The molecule has 2 rings (SSSR count). The molecule has 1 N–H and O–H groups in total. The number of hydrogen-bond donors (Lipinski definition) is 1. The minimum atomic E-state index is 0.397. The summed E-state index contributed by atoms with van der Waals surface area (Å²) in [6.45, 7) is 1.59. The highest BCUT2D eigenvalue weighted by molar-refractivity contribution is 6.34. The van der Waals surface area contributed by atoms with Gasteiger partial charge in [-0.1, -0.05) is 41.4 Å².